The molecule has 1 aliphatic rings. The van der Waals surface area contributed by atoms with Gasteiger partial charge in [0.1, 0.15) is 4.90 Å². The molecule has 1 fully saturated rings. The first-order valence-corrected chi connectivity index (χ1v) is 11.9. The summed E-state index contributed by atoms with van der Waals surface area (Å²) in [6.45, 7) is 0.416. The number of piperidine rings is 1. The number of rotatable bonds is 5. The Morgan fingerprint density at radius 1 is 1.03 bits per heavy atom. The minimum atomic E-state index is -3.79. The average Bonchev–Trinajstić information content (AvgIpc) is 2.75. The van der Waals surface area contributed by atoms with Crippen LogP contribution in [0.5, 0.6) is 0 Å². The largest absolute Gasteiger partial charge is 0.345 e. The number of hydrogen-bond donors (Lipinski definition) is 1. The van der Waals surface area contributed by atoms with Crippen molar-refractivity contribution >= 4 is 50.7 Å². The van der Waals surface area contributed by atoms with E-state index in [1.54, 1.807) is 44.4 Å². The van der Waals surface area contributed by atoms with E-state index >= 15 is 0 Å². The van der Waals surface area contributed by atoms with Crippen LogP contribution in [0.4, 0.5) is 5.69 Å². The number of hydrogen-bond acceptors (Lipinski definition) is 4. The molecule has 0 bridgehead atoms. The summed E-state index contributed by atoms with van der Waals surface area (Å²) in [5.74, 6) is -0.611. The predicted octanol–water partition coefficient (Wildman–Crippen LogP) is 3.73. The number of amides is 2. The molecule has 0 aromatic heterocycles. The first-order valence-electron chi connectivity index (χ1n) is 9.68. The van der Waals surface area contributed by atoms with E-state index in [9.17, 15) is 18.0 Å². The Hall–Kier alpha value is -2.13. The van der Waals surface area contributed by atoms with Gasteiger partial charge in [0.05, 0.1) is 10.0 Å². The molecule has 0 saturated carbocycles. The van der Waals surface area contributed by atoms with E-state index in [0.717, 1.165) is 0 Å². The van der Waals surface area contributed by atoms with Crippen molar-refractivity contribution in [3.05, 3.63) is 58.1 Å². The van der Waals surface area contributed by atoms with Crippen molar-refractivity contribution < 1.29 is 18.0 Å². The molecule has 0 radical (unpaired) electrons. The Labute approximate surface area is 192 Å². The highest BCUT2D eigenvalue weighted by Crippen LogP contribution is 2.32. The van der Waals surface area contributed by atoms with Crippen molar-refractivity contribution in [2.75, 3.05) is 32.5 Å². The maximum Gasteiger partial charge on any atom is 0.253 e. The van der Waals surface area contributed by atoms with Crippen molar-refractivity contribution in [2.45, 2.75) is 17.7 Å². The molecule has 0 atom stereocenters. The van der Waals surface area contributed by atoms with Gasteiger partial charge in [-0.15, -0.1) is 0 Å². The van der Waals surface area contributed by atoms with Crippen LogP contribution in [0.15, 0.2) is 47.4 Å². The molecule has 10 heteroatoms. The third-order valence-corrected chi connectivity index (χ3v) is 8.04. The van der Waals surface area contributed by atoms with Crippen molar-refractivity contribution in [3.63, 3.8) is 0 Å². The third kappa shape index (κ3) is 5.20. The van der Waals surface area contributed by atoms with E-state index in [1.807, 2.05) is 0 Å². The molecular formula is C21H23Cl2N3O4S. The van der Waals surface area contributed by atoms with E-state index < -0.39 is 10.0 Å². The Kier molecular flexibility index (Phi) is 7.26. The Balaban J connectivity index is 1.61. The SMILES string of the molecule is CN(C)C(=O)c1ccc(NC(=O)C2CCN(S(=O)(=O)c3cccc(Cl)c3Cl)CC2)cc1. The summed E-state index contributed by atoms with van der Waals surface area (Å²) in [6, 6.07) is 11.2. The summed E-state index contributed by atoms with van der Waals surface area (Å²) in [5.41, 5.74) is 1.11. The van der Waals surface area contributed by atoms with E-state index in [1.165, 1.54) is 21.3 Å². The van der Waals surface area contributed by atoms with Gasteiger partial charge in [-0.3, -0.25) is 9.59 Å². The van der Waals surface area contributed by atoms with Crippen LogP contribution in [0, 0.1) is 5.92 Å². The summed E-state index contributed by atoms with van der Waals surface area (Å²) in [6.07, 6.45) is 0.779. The van der Waals surface area contributed by atoms with Gasteiger partial charge in [-0.2, -0.15) is 4.31 Å². The smallest absolute Gasteiger partial charge is 0.253 e. The van der Waals surface area contributed by atoms with Gasteiger partial charge >= 0.3 is 0 Å². The molecule has 1 heterocycles. The molecule has 166 valence electrons. The summed E-state index contributed by atoms with van der Waals surface area (Å²) < 4.78 is 27.2. The van der Waals surface area contributed by atoms with Crippen molar-refractivity contribution in [2.24, 2.45) is 5.92 Å². The minimum absolute atomic E-state index is 0.000212. The number of benzene rings is 2. The van der Waals surface area contributed by atoms with Crippen LogP contribution in [0.25, 0.3) is 0 Å². The monoisotopic (exact) mass is 483 g/mol. The standard InChI is InChI=1S/C21H23Cl2N3O4S/c1-25(2)21(28)15-6-8-16(9-7-15)24-20(27)14-10-12-26(13-11-14)31(29,30)18-5-3-4-17(22)19(18)23/h3-9,14H,10-13H2,1-2H3,(H,24,27). The molecule has 0 aliphatic carbocycles. The average molecular weight is 484 g/mol. The number of carbonyl (C=O) groups excluding carboxylic acids is 2. The highest BCUT2D eigenvalue weighted by molar-refractivity contribution is 7.89. The molecule has 2 amide bonds. The zero-order valence-corrected chi connectivity index (χ0v) is 19.5. The van der Waals surface area contributed by atoms with E-state index in [0.29, 0.717) is 24.1 Å². The predicted molar refractivity (Wildman–Crippen MR) is 121 cm³/mol. The highest BCUT2D eigenvalue weighted by Gasteiger charge is 2.33. The molecule has 1 saturated heterocycles. The molecular weight excluding hydrogens is 461 g/mol. The number of anilines is 1. The first kappa shape index (κ1) is 23.5. The molecule has 2 aromatic rings. The van der Waals surface area contributed by atoms with Gasteiger partial charge in [-0.1, -0.05) is 29.3 Å². The topological polar surface area (TPSA) is 86.8 Å². The quantitative estimate of drug-likeness (QED) is 0.701. The second-order valence-corrected chi connectivity index (χ2v) is 10.2. The Morgan fingerprint density at radius 3 is 2.23 bits per heavy atom. The lowest BCUT2D eigenvalue weighted by Crippen LogP contribution is -2.41. The number of nitrogens with zero attached hydrogens (tertiary/aromatic N) is 2. The fourth-order valence-electron chi connectivity index (χ4n) is 3.38. The molecule has 0 spiro atoms. The van der Waals surface area contributed by atoms with Gasteiger partial charge in [0, 0.05) is 44.4 Å². The van der Waals surface area contributed by atoms with Crippen molar-refractivity contribution in [1.82, 2.24) is 9.21 Å². The number of nitrogens with one attached hydrogen (secondary N) is 1. The molecule has 7 nitrogen and oxygen atoms in total. The van der Waals surface area contributed by atoms with E-state index in [-0.39, 0.29) is 45.8 Å². The Bertz CT molecular complexity index is 1080. The zero-order chi connectivity index (χ0) is 22.8. The second kappa shape index (κ2) is 9.56. The van der Waals surface area contributed by atoms with Crippen LogP contribution in [-0.2, 0) is 14.8 Å². The lowest BCUT2D eigenvalue weighted by molar-refractivity contribution is -0.120. The van der Waals surface area contributed by atoms with Gasteiger partial charge in [-0.25, -0.2) is 8.42 Å². The van der Waals surface area contributed by atoms with Gasteiger partial charge in [0.15, 0.2) is 0 Å². The normalized spacial score (nSPS) is 15.5. The van der Waals surface area contributed by atoms with Crippen LogP contribution in [-0.4, -0.2) is 56.6 Å². The molecule has 3 rings (SSSR count). The highest BCUT2D eigenvalue weighted by atomic mass is 35.5. The van der Waals surface area contributed by atoms with Gasteiger partial charge in [0.25, 0.3) is 5.91 Å². The maximum atomic E-state index is 12.9. The molecule has 2 aromatic carbocycles. The Morgan fingerprint density at radius 2 is 1.65 bits per heavy atom. The lowest BCUT2D eigenvalue weighted by atomic mass is 9.97. The summed E-state index contributed by atoms with van der Waals surface area (Å²) in [5, 5.41) is 3.01. The number of halogens is 2. The molecule has 0 unspecified atom stereocenters. The molecule has 1 N–H and O–H groups in total. The van der Waals surface area contributed by atoms with Crippen molar-refractivity contribution in [1.29, 1.82) is 0 Å². The first-order chi connectivity index (χ1) is 14.6. The van der Waals surface area contributed by atoms with Crippen molar-refractivity contribution in [3.8, 4) is 0 Å². The second-order valence-electron chi connectivity index (χ2n) is 7.50. The van der Waals surface area contributed by atoms with Crippen LogP contribution in [0.2, 0.25) is 10.0 Å². The minimum Gasteiger partial charge on any atom is -0.345 e. The number of carbonyl (C=O) groups is 2. The zero-order valence-electron chi connectivity index (χ0n) is 17.1. The van der Waals surface area contributed by atoms with Gasteiger partial charge in [0.2, 0.25) is 15.9 Å². The van der Waals surface area contributed by atoms with Crippen LogP contribution in [0.3, 0.4) is 0 Å². The van der Waals surface area contributed by atoms with Crippen LogP contribution >= 0.6 is 23.2 Å². The number of sulfonamides is 1. The third-order valence-electron chi connectivity index (χ3n) is 5.16. The van der Waals surface area contributed by atoms with E-state index in [4.69, 9.17) is 23.2 Å². The summed E-state index contributed by atoms with van der Waals surface area (Å²) in [7, 11) is -0.451. The fraction of sp³-hybridized carbons (Fsp3) is 0.333. The van der Waals surface area contributed by atoms with Gasteiger partial charge in [-0.05, 0) is 49.2 Å². The molecule has 1 aliphatic heterocycles. The lowest BCUT2D eigenvalue weighted by Gasteiger charge is -2.30. The summed E-state index contributed by atoms with van der Waals surface area (Å²) in [4.78, 5) is 26.0. The van der Waals surface area contributed by atoms with Gasteiger partial charge < -0.3 is 10.2 Å². The van der Waals surface area contributed by atoms with Crippen LogP contribution in [0.1, 0.15) is 23.2 Å². The fourth-order valence-corrected chi connectivity index (χ4v) is 5.59. The van der Waals surface area contributed by atoms with E-state index in [2.05, 4.69) is 5.32 Å². The summed E-state index contributed by atoms with van der Waals surface area (Å²) >= 11 is 12.0. The maximum absolute atomic E-state index is 12.9. The molecule has 31 heavy (non-hydrogen) atoms. The van der Waals surface area contributed by atoms with Crippen LogP contribution < -0.4 is 5.32 Å².